The number of fused-ring (bicyclic) bond motifs is 1. The van der Waals surface area contributed by atoms with Crippen molar-refractivity contribution in [3.8, 4) is 0 Å². The van der Waals surface area contributed by atoms with Gasteiger partial charge in [-0.2, -0.15) is 0 Å². The molecule has 96 valence electrons. The zero-order chi connectivity index (χ0) is 12.7. The van der Waals surface area contributed by atoms with Crippen LogP contribution < -0.4 is 5.32 Å². The van der Waals surface area contributed by atoms with Crippen molar-refractivity contribution in [1.82, 2.24) is 24.9 Å². The molecular weight excluding hydrogens is 226 g/mol. The Hall–Kier alpha value is -1.49. The van der Waals surface area contributed by atoms with Crippen LogP contribution in [-0.4, -0.2) is 26.1 Å². The predicted molar refractivity (Wildman–Crippen MR) is 69.4 cm³/mol. The molecule has 1 saturated heterocycles. The number of nitrogens with zero attached hydrogens (tertiary/aromatic N) is 4. The summed E-state index contributed by atoms with van der Waals surface area (Å²) in [5, 5.41) is 12.1. The number of rotatable bonds is 1. The van der Waals surface area contributed by atoms with Gasteiger partial charge in [-0.3, -0.25) is 4.40 Å². The lowest BCUT2D eigenvalue weighted by Gasteiger charge is -2.28. The zero-order valence-electron chi connectivity index (χ0n) is 11.1. The summed E-state index contributed by atoms with van der Waals surface area (Å²) in [6, 6.07) is 2.37. The van der Waals surface area contributed by atoms with Gasteiger partial charge in [0.1, 0.15) is 0 Å². The minimum atomic E-state index is 0.289. The molecule has 0 bridgehead atoms. The third kappa shape index (κ3) is 1.79. The monoisotopic (exact) mass is 245 g/mol. The third-order valence-corrected chi connectivity index (χ3v) is 3.77. The molecule has 2 atom stereocenters. The van der Waals surface area contributed by atoms with Crippen molar-refractivity contribution in [3.63, 3.8) is 0 Å². The van der Waals surface area contributed by atoms with Crippen molar-refractivity contribution in [2.24, 2.45) is 5.92 Å². The van der Waals surface area contributed by atoms with Crippen molar-refractivity contribution in [2.45, 2.75) is 39.7 Å². The molecule has 2 aromatic rings. The van der Waals surface area contributed by atoms with E-state index in [1.54, 1.807) is 0 Å². The van der Waals surface area contributed by atoms with Crippen LogP contribution in [0.5, 0.6) is 0 Å². The van der Waals surface area contributed by atoms with Gasteiger partial charge in [-0.25, -0.2) is 4.98 Å². The molecular formula is C13H19N5. The molecule has 1 aliphatic rings. The smallest absolute Gasteiger partial charge is 0.255 e. The Morgan fingerprint density at radius 2 is 2.17 bits per heavy atom. The van der Waals surface area contributed by atoms with Gasteiger partial charge in [0, 0.05) is 11.4 Å². The number of nitrogens with one attached hydrogen (secondary N) is 1. The maximum atomic E-state index is 4.44. The first-order chi connectivity index (χ1) is 8.66. The average molecular weight is 245 g/mol. The lowest BCUT2D eigenvalue weighted by atomic mass is 9.92. The Labute approximate surface area is 107 Å². The fourth-order valence-corrected chi connectivity index (χ4v) is 2.85. The second-order valence-electron chi connectivity index (χ2n) is 5.28. The minimum absolute atomic E-state index is 0.289. The fraction of sp³-hybridized carbons (Fsp3) is 0.615. The molecule has 1 fully saturated rings. The van der Waals surface area contributed by atoms with Crippen LogP contribution in [0, 0.1) is 19.8 Å². The van der Waals surface area contributed by atoms with E-state index in [2.05, 4.69) is 44.8 Å². The van der Waals surface area contributed by atoms with Crippen molar-refractivity contribution in [3.05, 3.63) is 23.3 Å². The van der Waals surface area contributed by atoms with Gasteiger partial charge in [-0.1, -0.05) is 6.92 Å². The lowest BCUT2D eigenvalue weighted by molar-refractivity contribution is 0.293. The van der Waals surface area contributed by atoms with Gasteiger partial charge < -0.3 is 5.32 Å². The average Bonchev–Trinajstić information content (AvgIpc) is 2.73. The van der Waals surface area contributed by atoms with E-state index in [0.29, 0.717) is 11.7 Å². The number of piperidine rings is 1. The van der Waals surface area contributed by atoms with E-state index < -0.39 is 0 Å². The van der Waals surface area contributed by atoms with Crippen molar-refractivity contribution in [2.75, 3.05) is 6.54 Å². The number of hydrogen-bond acceptors (Lipinski definition) is 4. The molecule has 0 radical (unpaired) electrons. The number of aryl methyl sites for hydroxylation is 2. The Morgan fingerprint density at radius 3 is 2.94 bits per heavy atom. The van der Waals surface area contributed by atoms with Crippen LogP contribution in [0.4, 0.5) is 0 Å². The topological polar surface area (TPSA) is 55.1 Å². The zero-order valence-corrected chi connectivity index (χ0v) is 11.1. The minimum Gasteiger partial charge on any atom is -0.307 e. The van der Waals surface area contributed by atoms with Gasteiger partial charge in [-0.15, -0.1) is 10.2 Å². The molecule has 0 aliphatic carbocycles. The van der Waals surface area contributed by atoms with Crippen LogP contribution >= 0.6 is 0 Å². The molecule has 1 N–H and O–H groups in total. The normalized spacial score (nSPS) is 24.6. The molecule has 0 saturated carbocycles. The highest BCUT2D eigenvalue weighted by atomic mass is 15.3. The fourth-order valence-electron chi connectivity index (χ4n) is 2.85. The van der Waals surface area contributed by atoms with E-state index in [1.165, 1.54) is 12.8 Å². The van der Waals surface area contributed by atoms with E-state index in [4.69, 9.17) is 0 Å². The summed E-state index contributed by atoms with van der Waals surface area (Å²) in [4.78, 5) is 4.44. The summed E-state index contributed by atoms with van der Waals surface area (Å²) in [5.41, 5.74) is 2.14. The quantitative estimate of drug-likeness (QED) is 0.832. The first kappa shape index (κ1) is 11.6. The predicted octanol–water partition coefficient (Wildman–Crippen LogP) is 1.80. The second-order valence-corrected chi connectivity index (χ2v) is 5.28. The summed E-state index contributed by atoms with van der Waals surface area (Å²) in [6.07, 6.45) is 2.48. The van der Waals surface area contributed by atoms with Crippen LogP contribution in [0.25, 0.3) is 5.78 Å². The molecule has 18 heavy (non-hydrogen) atoms. The molecule has 5 heteroatoms. The summed E-state index contributed by atoms with van der Waals surface area (Å²) in [5.74, 6) is 2.30. The molecule has 1 aliphatic heterocycles. The highest BCUT2D eigenvalue weighted by Crippen LogP contribution is 2.28. The van der Waals surface area contributed by atoms with Gasteiger partial charge in [0.2, 0.25) is 0 Å². The van der Waals surface area contributed by atoms with E-state index in [0.717, 1.165) is 23.8 Å². The van der Waals surface area contributed by atoms with Gasteiger partial charge in [-0.05, 0) is 45.2 Å². The number of hydrogen-bond donors (Lipinski definition) is 1. The SMILES string of the molecule is Cc1cc(C)n2c(C3NCCCC3C)nnc2n1. The number of aromatic nitrogens is 4. The van der Waals surface area contributed by atoms with Crippen LogP contribution in [0.1, 0.15) is 43.0 Å². The second kappa shape index (κ2) is 4.31. The van der Waals surface area contributed by atoms with Gasteiger partial charge >= 0.3 is 0 Å². The summed E-state index contributed by atoms with van der Waals surface area (Å²) < 4.78 is 2.08. The van der Waals surface area contributed by atoms with E-state index in [1.807, 2.05) is 6.92 Å². The van der Waals surface area contributed by atoms with E-state index in [-0.39, 0.29) is 6.04 Å². The van der Waals surface area contributed by atoms with Gasteiger partial charge in [0.25, 0.3) is 5.78 Å². The summed E-state index contributed by atoms with van der Waals surface area (Å²) in [7, 11) is 0. The first-order valence-electron chi connectivity index (χ1n) is 6.59. The van der Waals surface area contributed by atoms with Crippen molar-refractivity contribution in [1.29, 1.82) is 0 Å². The third-order valence-electron chi connectivity index (χ3n) is 3.77. The van der Waals surface area contributed by atoms with E-state index in [9.17, 15) is 0 Å². The highest BCUT2D eigenvalue weighted by Gasteiger charge is 2.27. The Kier molecular flexibility index (Phi) is 2.78. The summed E-state index contributed by atoms with van der Waals surface area (Å²) >= 11 is 0. The van der Waals surface area contributed by atoms with Crippen molar-refractivity contribution < 1.29 is 0 Å². The molecule has 2 unspecified atom stereocenters. The Morgan fingerprint density at radius 1 is 1.33 bits per heavy atom. The van der Waals surface area contributed by atoms with Crippen LogP contribution in [-0.2, 0) is 0 Å². The molecule has 0 amide bonds. The Balaban J connectivity index is 2.12. The van der Waals surface area contributed by atoms with Crippen LogP contribution in [0.15, 0.2) is 6.07 Å². The molecule has 5 nitrogen and oxygen atoms in total. The van der Waals surface area contributed by atoms with Crippen LogP contribution in [0.3, 0.4) is 0 Å². The standard InChI is InChI=1S/C13H19N5/c1-8-5-4-6-14-11(8)12-16-17-13-15-9(2)7-10(3)18(12)13/h7-8,11,14H,4-6H2,1-3H3. The van der Waals surface area contributed by atoms with Gasteiger partial charge in [0.05, 0.1) is 6.04 Å². The Bertz CT molecular complexity index is 574. The molecule has 0 aromatic carbocycles. The van der Waals surface area contributed by atoms with Gasteiger partial charge in [0.15, 0.2) is 5.82 Å². The first-order valence-corrected chi connectivity index (χ1v) is 6.59. The largest absolute Gasteiger partial charge is 0.307 e. The molecule has 0 spiro atoms. The maximum Gasteiger partial charge on any atom is 0.255 e. The molecule has 3 heterocycles. The summed E-state index contributed by atoms with van der Waals surface area (Å²) in [6.45, 7) is 7.40. The molecule has 2 aromatic heterocycles. The van der Waals surface area contributed by atoms with E-state index >= 15 is 0 Å². The lowest BCUT2D eigenvalue weighted by Crippen LogP contribution is -2.34. The van der Waals surface area contributed by atoms with Crippen LogP contribution in [0.2, 0.25) is 0 Å². The maximum absolute atomic E-state index is 4.44. The molecule has 3 rings (SSSR count). The highest BCUT2D eigenvalue weighted by molar-refractivity contribution is 5.33. The van der Waals surface area contributed by atoms with Crippen molar-refractivity contribution >= 4 is 5.78 Å².